The Balaban J connectivity index is 1.21. The lowest BCUT2D eigenvalue weighted by atomic mass is 10.00. The summed E-state index contributed by atoms with van der Waals surface area (Å²) in [7, 11) is -3.84. The largest absolute Gasteiger partial charge is 0.365 e. The molecule has 9 heteroatoms. The van der Waals surface area contributed by atoms with Crippen LogP contribution in [-0.2, 0) is 23.0 Å². The van der Waals surface area contributed by atoms with Gasteiger partial charge in [0.15, 0.2) is 0 Å². The van der Waals surface area contributed by atoms with E-state index in [1.807, 2.05) is 60.7 Å². The molecule has 2 aromatic heterocycles. The zero-order valence-electron chi connectivity index (χ0n) is 22.0. The number of hydrogen-bond acceptors (Lipinski definition) is 6. The summed E-state index contributed by atoms with van der Waals surface area (Å²) in [6.07, 6.45) is 3.27. The number of pyridine rings is 1. The highest BCUT2D eigenvalue weighted by molar-refractivity contribution is 7.89. The van der Waals surface area contributed by atoms with Crippen LogP contribution in [0.1, 0.15) is 11.1 Å². The number of hydrogen-bond donors (Lipinski definition) is 2. The molecule has 0 aliphatic carbocycles. The zero-order chi connectivity index (χ0) is 28.2. The van der Waals surface area contributed by atoms with Gasteiger partial charge in [0.1, 0.15) is 22.9 Å². The molecule has 6 rings (SSSR count). The fraction of sp³-hybridized carbons (Fsp3) is 0.0938. The van der Waals surface area contributed by atoms with Crippen molar-refractivity contribution in [1.82, 2.24) is 19.7 Å². The summed E-state index contributed by atoms with van der Waals surface area (Å²) in [6, 6.07) is 29.3. The molecule has 4 aromatic carbocycles. The van der Waals surface area contributed by atoms with Gasteiger partial charge < -0.3 is 5.32 Å². The van der Waals surface area contributed by atoms with E-state index in [2.05, 4.69) is 25.0 Å². The molecule has 0 atom stereocenters. The van der Waals surface area contributed by atoms with E-state index in [9.17, 15) is 12.8 Å². The molecule has 0 unspecified atom stereocenters. The van der Waals surface area contributed by atoms with E-state index in [0.29, 0.717) is 23.4 Å². The highest BCUT2D eigenvalue weighted by Gasteiger charge is 2.18. The minimum atomic E-state index is -3.84. The molecule has 204 valence electrons. The molecule has 0 amide bonds. The topological polar surface area (TPSA) is 96.9 Å². The highest BCUT2D eigenvalue weighted by atomic mass is 32.2. The van der Waals surface area contributed by atoms with Gasteiger partial charge in [-0.15, -0.1) is 0 Å². The second kappa shape index (κ2) is 11.4. The van der Waals surface area contributed by atoms with E-state index in [1.54, 1.807) is 30.5 Å². The summed E-state index contributed by atoms with van der Waals surface area (Å²) in [6.45, 7) is 0.646. The monoisotopic (exact) mass is 563 g/mol. The van der Waals surface area contributed by atoms with Gasteiger partial charge in [0, 0.05) is 30.1 Å². The Labute approximate surface area is 237 Å². The van der Waals surface area contributed by atoms with Gasteiger partial charge in [0.05, 0.1) is 11.0 Å². The van der Waals surface area contributed by atoms with Gasteiger partial charge in [-0.3, -0.25) is 4.98 Å². The fourth-order valence-electron chi connectivity index (χ4n) is 4.80. The number of para-hydroxylation sites is 1. The summed E-state index contributed by atoms with van der Waals surface area (Å²) in [5, 5.41) is 4.97. The molecular formula is C32H26FN5O2S. The Bertz CT molecular complexity index is 1960. The van der Waals surface area contributed by atoms with Crippen molar-refractivity contribution in [3.63, 3.8) is 0 Å². The average Bonchev–Trinajstić information content (AvgIpc) is 3.01. The van der Waals surface area contributed by atoms with Crippen molar-refractivity contribution in [3.05, 3.63) is 127 Å². The maximum atomic E-state index is 14.8. The van der Waals surface area contributed by atoms with E-state index in [-0.39, 0.29) is 17.9 Å². The van der Waals surface area contributed by atoms with Crippen LogP contribution in [0.2, 0.25) is 0 Å². The van der Waals surface area contributed by atoms with Crippen LogP contribution in [0.5, 0.6) is 0 Å². The molecule has 7 nitrogen and oxygen atoms in total. The van der Waals surface area contributed by atoms with Crippen molar-refractivity contribution in [2.24, 2.45) is 0 Å². The number of benzene rings is 4. The second-order valence-electron chi connectivity index (χ2n) is 9.58. The van der Waals surface area contributed by atoms with E-state index in [0.717, 1.165) is 33.0 Å². The summed E-state index contributed by atoms with van der Waals surface area (Å²) < 4.78 is 43.5. The van der Waals surface area contributed by atoms with Gasteiger partial charge in [-0.05, 0) is 65.1 Å². The van der Waals surface area contributed by atoms with Gasteiger partial charge in [-0.1, -0.05) is 60.7 Å². The first-order chi connectivity index (χ1) is 20.0. The third kappa shape index (κ3) is 5.77. The van der Waals surface area contributed by atoms with Crippen LogP contribution in [0, 0.1) is 5.82 Å². The van der Waals surface area contributed by atoms with Gasteiger partial charge in [-0.2, -0.15) is 0 Å². The summed E-state index contributed by atoms with van der Waals surface area (Å²) in [5.41, 5.74) is 4.41. The molecule has 0 saturated carbocycles. The predicted octanol–water partition coefficient (Wildman–Crippen LogP) is 6.12. The van der Waals surface area contributed by atoms with Crippen LogP contribution in [0.4, 0.5) is 10.2 Å². The number of anilines is 1. The van der Waals surface area contributed by atoms with Crippen molar-refractivity contribution in [2.45, 2.75) is 17.9 Å². The van der Waals surface area contributed by atoms with E-state index >= 15 is 0 Å². The lowest BCUT2D eigenvalue weighted by molar-refractivity contribution is 0.578. The first-order valence-electron chi connectivity index (χ1n) is 13.1. The number of aromatic nitrogens is 3. The fourth-order valence-corrected chi connectivity index (χ4v) is 6.00. The molecule has 2 heterocycles. The van der Waals surface area contributed by atoms with Crippen LogP contribution in [0.3, 0.4) is 0 Å². The standard InChI is InChI=1S/C32H26FN5O2S/c33-28-13-11-24(18-26(28)15-17-38-41(39,40)30-10-4-8-23-9-5-16-34-31(23)30)25-12-14-29-27(19-25)32(37-21-36-29)35-20-22-6-2-1-3-7-22/h1-14,16,18-19,21,38H,15,17,20H2,(H,35,36,37). The second-order valence-corrected chi connectivity index (χ2v) is 11.3. The molecule has 6 aromatic rings. The summed E-state index contributed by atoms with van der Waals surface area (Å²) in [5.74, 6) is 0.314. The molecule has 0 fully saturated rings. The Hall–Kier alpha value is -4.73. The quantitative estimate of drug-likeness (QED) is 0.220. The normalized spacial score (nSPS) is 11.6. The van der Waals surface area contributed by atoms with Gasteiger partial charge in [0.2, 0.25) is 10.0 Å². The third-order valence-electron chi connectivity index (χ3n) is 6.89. The Morgan fingerprint density at radius 1 is 0.780 bits per heavy atom. The molecule has 0 spiro atoms. The lowest BCUT2D eigenvalue weighted by Gasteiger charge is -2.12. The third-order valence-corrected chi connectivity index (χ3v) is 8.38. The van der Waals surface area contributed by atoms with Crippen LogP contribution < -0.4 is 10.0 Å². The number of halogens is 1. The molecule has 0 saturated heterocycles. The van der Waals surface area contributed by atoms with Crippen molar-refractivity contribution in [3.8, 4) is 11.1 Å². The van der Waals surface area contributed by atoms with Crippen LogP contribution in [-0.4, -0.2) is 29.9 Å². The predicted molar refractivity (Wildman–Crippen MR) is 159 cm³/mol. The molecule has 0 aliphatic rings. The van der Waals surface area contributed by atoms with Crippen LogP contribution in [0.15, 0.2) is 114 Å². The number of nitrogens with one attached hydrogen (secondary N) is 2. The molecular weight excluding hydrogens is 537 g/mol. The molecule has 2 N–H and O–H groups in total. The lowest BCUT2D eigenvalue weighted by Crippen LogP contribution is -2.26. The van der Waals surface area contributed by atoms with Gasteiger partial charge >= 0.3 is 0 Å². The maximum Gasteiger partial charge on any atom is 0.242 e. The van der Waals surface area contributed by atoms with Gasteiger partial charge in [-0.25, -0.2) is 27.5 Å². The van der Waals surface area contributed by atoms with Gasteiger partial charge in [0.25, 0.3) is 0 Å². The number of rotatable bonds is 9. The summed E-state index contributed by atoms with van der Waals surface area (Å²) >= 11 is 0. The first-order valence-corrected chi connectivity index (χ1v) is 14.6. The van der Waals surface area contributed by atoms with E-state index in [1.165, 1.54) is 18.5 Å². The minimum absolute atomic E-state index is 0.0328. The van der Waals surface area contributed by atoms with E-state index < -0.39 is 15.8 Å². The smallest absolute Gasteiger partial charge is 0.242 e. The Morgan fingerprint density at radius 3 is 2.46 bits per heavy atom. The maximum absolute atomic E-state index is 14.8. The Morgan fingerprint density at radius 2 is 1.59 bits per heavy atom. The number of fused-ring (bicyclic) bond motifs is 2. The SMILES string of the molecule is O=S(=O)(NCCc1cc(-c2ccc3ncnc(NCc4ccccc4)c3c2)ccc1F)c1cccc2cccnc12. The summed E-state index contributed by atoms with van der Waals surface area (Å²) in [4.78, 5) is 13.2. The van der Waals surface area contributed by atoms with Crippen molar-refractivity contribution in [2.75, 3.05) is 11.9 Å². The Kier molecular flexibility index (Phi) is 7.37. The first kappa shape index (κ1) is 26.5. The van der Waals surface area contributed by atoms with Crippen LogP contribution in [0.25, 0.3) is 32.9 Å². The molecule has 0 aliphatic heterocycles. The van der Waals surface area contributed by atoms with E-state index in [4.69, 9.17) is 0 Å². The number of nitrogens with zero attached hydrogens (tertiary/aromatic N) is 3. The number of sulfonamides is 1. The van der Waals surface area contributed by atoms with Crippen molar-refractivity contribution in [1.29, 1.82) is 0 Å². The average molecular weight is 564 g/mol. The molecule has 0 radical (unpaired) electrons. The van der Waals surface area contributed by atoms with Crippen LogP contribution >= 0.6 is 0 Å². The van der Waals surface area contributed by atoms with Crippen molar-refractivity contribution >= 4 is 37.6 Å². The molecule has 0 bridgehead atoms. The highest BCUT2D eigenvalue weighted by Crippen LogP contribution is 2.29. The molecule has 41 heavy (non-hydrogen) atoms. The zero-order valence-corrected chi connectivity index (χ0v) is 22.8. The van der Waals surface area contributed by atoms with Crippen molar-refractivity contribution < 1.29 is 12.8 Å². The minimum Gasteiger partial charge on any atom is -0.365 e.